The second kappa shape index (κ2) is 7.64. The van der Waals surface area contributed by atoms with Crippen LogP contribution in [0.3, 0.4) is 0 Å². The van der Waals surface area contributed by atoms with Gasteiger partial charge in [0, 0.05) is 19.7 Å². The van der Waals surface area contributed by atoms with Gasteiger partial charge in [0.1, 0.15) is 6.61 Å². The summed E-state index contributed by atoms with van der Waals surface area (Å²) in [4.78, 5) is 22.9. The Morgan fingerprint density at radius 3 is 2.75 bits per heavy atom. The van der Waals surface area contributed by atoms with Crippen LogP contribution in [-0.4, -0.2) is 35.8 Å². The molecule has 0 saturated carbocycles. The van der Waals surface area contributed by atoms with E-state index in [0.717, 1.165) is 0 Å². The Labute approximate surface area is 117 Å². The number of aromatic nitrogens is 1. The number of amides is 1. The summed E-state index contributed by atoms with van der Waals surface area (Å²) in [5.41, 5.74) is 0.116. The van der Waals surface area contributed by atoms with E-state index in [0.29, 0.717) is 12.2 Å². The summed E-state index contributed by atoms with van der Waals surface area (Å²) in [6.45, 7) is 4.17. The average Bonchev–Trinajstić information content (AvgIpc) is 2.82. The van der Waals surface area contributed by atoms with Gasteiger partial charge in [-0.2, -0.15) is 0 Å². The normalized spacial score (nSPS) is 12.4. The Kier molecular flexibility index (Phi) is 6.17. The van der Waals surface area contributed by atoms with Crippen molar-refractivity contribution in [3.63, 3.8) is 0 Å². The van der Waals surface area contributed by atoms with Gasteiger partial charge in [-0.05, 0) is 12.3 Å². The molecule has 112 valence electrons. The number of hydrogen-bond donors (Lipinski definition) is 2. The molecule has 7 heteroatoms. The maximum atomic E-state index is 11.8. The molecule has 0 bridgehead atoms. The largest absolute Gasteiger partial charge is 0.481 e. The predicted molar refractivity (Wildman–Crippen MR) is 70.1 cm³/mol. The molecule has 0 aliphatic heterocycles. The minimum Gasteiger partial charge on any atom is -0.481 e. The van der Waals surface area contributed by atoms with E-state index in [2.05, 4.69) is 10.5 Å². The summed E-state index contributed by atoms with van der Waals surface area (Å²) in [7, 11) is 1.51. The number of hydrogen-bond acceptors (Lipinski definition) is 5. The summed E-state index contributed by atoms with van der Waals surface area (Å²) >= 11 is 0. The number of carboxylic acid groups (broad SMARTS) is 1. The lowest BCUT2D eigenvalue weighted by atomic mass is 9.97. The molecule has 7 nitrogen and oxygen atoms in total. The fraction of sp³-hybridized carbons (Fsp3) is 0.615. The Hall–Kier alpha value is -1.89. The molecular formula is C13H20N2O5. The molecule has 1 unspecified atom stereocenters. The number of aliphatic carboxylic acids is 1. The summed E-state index contributed by atoms with van der Waals surface area (Å²) in [6, 6.07) is 1.47. The number of carbonyl (C=O) groups is 2. The molecule has 2 N–H and O–H groups in total. The highest BCUT2D eigenvalue weighted by molar-refractivity contribution is 5.92. The molecule has 1 heterocycles. The first-order valence-corrected chi connectivity index (χ1v) is 6.39. The van der Waals surface area contributed by atoms with Gasteiger partial charge in [0.2, 0.25) is 0 Å². The Morgan fingerprint density at radius 2 is 2.20 bits per heavy atom. The average molecular weight is 284 g/mol. The van der Waals surface area contributed by atoms with Gasteiger partial charge in [-0.1, -0.05) is 19.0 Å². The van der Waals surface area contributed by atoms with Gasteiger partial charge in [-0.3, -0.25) is 9.59 Å². The summed E-state index contributed by atoms with van der Waals surface area (Å²) in [6.07, 6.45) is 0.503. The van der Waals surface area contributed by atoms with Crippen LogP contribution in [0.25, 0.3) is 0 Å². The van der Waals surface area contributed by atoms with Crippen LogP contribution in [0, 0.1) is 11.8 Å². The predicted octanol–water partition coefficient (Wildman–Crippen LogP) is 1.30. The zero-order chi connectivity index (χ0) is 15.1. The van der Waals surface area contributed by atoms with Crippen molar-refractivity contribution in [2.75, 3.05) is 13.7 Å². The first-order chi connectivity index (χ1) is 9.43. The molecule has 0 aromatic carbocycles. The monoisotopic (exact) mass is 284 g/mol. The van der Waals surface area contributed by atoms with E-state index in [9.17, 15) is 9.59 Å². The van der Waals surface area contributed by atoms with Gasteiger partial charge < -0.3 is 19.7 Å². The van der Waals surface area contributed by atoms with Crippen molar-refractivity contribution in [1.29, 1.82) is 0 Å². The van der Waals surface area contributed by atoms with Crippen LogP contribution in [0.15, 0.2) is 10.6 Å². The fourth-order valence-corrected chi connectivity index (χ4v) is 1.78. The van der Waals surface area contributed by atoms with Crippen LogP contribution < -0.4 is 5.32 Å². The van der Waals surface area contributed by atoms with Crippen molar-refractivity contribution in [1.82, 2.24) is 10.5 Å². The highest BCUT2D eigenvalue weighted by Crippen LogP contribution is 2.11. The van der Waals surface area contributed by atoms with E-state index in [1.54, 1.807) is 0 Å². The van der Waals surface area contributed by atoms with Crippen LogP contribution in [-0.2, 0) is 16.1 Å². The Balaban J connectivity index is 2.53. The Bertz CT molecular complexity index is 455. The summed E-state index contributed by atoms with van der Waals surface area (Å²) in [5, 5.41) is 15.2. The van der Waals surface area contributed by atoms with E-state index in [1.807, 2.05) is 13.8 Å². The van der Waals surface area contributed by atoms with Crippen molar-refractivity contribution >= 4 is 11.9 Å². The van der Waals surface area contributed by atoms with Crippen LogP contribution in [0.5, 0.6) is 0 Å². The number of nitrogens with zero attached hydrogens (tertiary/aromatic N) is 1. The lowest BCUT2D eigenvalue weighted by Crippen LogP contribution is -2.33. The second-order valence-electron chi connectivity index (χ2n) is 4.99. The molecule has 0 saturated heterocycles. The third-order valence-corrected chi connectivity index (χ3v) is 2.69. The van der Waals surface area contributed by atoms with Crippen LogP contribution in [0.1, 0.15) is 36.5 Å². The summed E-state index contributed by atoms with van der Waals surface area (Å²) in [5.74, 6) is -1.29. The topological polar surface area (TPSA) is 102 Å². The van der Waals surface area contributed by atoms with Gasteiger partial charge >= 0.3 is 5.97 Å². The van der Waals surface area contributed by atoms with Crippen LogP contribution in [0.2, 0.25) is 0 Å². The number of ether oxygens (including phenoxy) is 1. The van der Waals surface area contributed by atoms with Crippen molar-refractivity contribution in [2.45, 2.75) is 26.9 Å². The molecule has 0 radical (unpaired) electrons. The molecule has 0 aliphatic rings. The lowest BCUT2D eigenvalue weighted by Gasteiger charge is -2.14. The van der Waals surface area contributed by atoms with Crippen molar-refractivity contribution in [3.8, 4) is 0 Å². The number of carboxylic acids is 1. The molecule has 1 amide bonds. The SMILES string of the molecule is COCc1cc(C(=O)NCC(CC(C)C)C(=O)O)no1. The summed E-state index contributed by atoms with van der Waals surface area (Å²) < 4.78 is 9.74. The standard InChI is InChI=1S/C13H20N2O5/c1-8(2)4-9(13(17)18)6-14-12(16)11-5-10(7-19-3)20-15-11/h5,8-9H,4,6-7H2,1-3H3,(H,14,16)(H,17,18). The highest BCUT2D eigenvalue weighted by Gasteiger charge is 2.21. The van der Waals surface area contributed by atoms with E-state index >= 15 is 0 Å². The molecule has 1 aromatic rings. The first kappa shape index (κ1) is 16.2. The van der Waals surface area contributed by atoms with E-state index in [-0.39, 0.29) is 24.8 Å². The molecule has 1 atom stereocenters. The van der Waals surface area contributed by atoms with Crippen LogP contribution >= 0.6 is 0 Å². The molecule has 0 spiro atoms. The van der Waals surface area contributed by atoms with E-state index in [4.69, 9.17) is 14.4 Å². The van der Waals surface area contributed by atoms with Crippen molar-refractivity contribution in [2.24, 2.45) is 11.8 Å². The number of methoxy groups -OCH3 is 1. The molecule has 0 aliphatic carbocycles. The van der Waals surface area contributed by atoms with Gasteiger partial charge in [-0.25, -0.2) is 0 Å². The lowest BCUT2D eigenvalue weighted by molar-refractivity contribution is -0.142. The van der Waals surface area contributed by atoms with E-state index in [1.165, 1.54) is 13.2 Å². The molecular weight excluding hydrogens is 264 g/mol. The van der Waals surface area contributed by atoms with Crippen molar-refractivity contribution < 1.29 is 24.0 Å². The molecule has 1 aromatic heterocycles. The third-order valence-electron chi connectivity index (χ3n) is 2.69. The Morgan fingerprint density at radius 1 is 1.50 bits per heavy atom. The second-order valence-corrected chi connectivity index (χ2v) is 4.99. The zero-order valence-electron chi connectivity index (χ0n) is 11.9. The zero-order valence-corrected chi connectivity index (χ0v) is 11.9. The third kappa shape index (κ3) is 5.00. The van der Waals surface area contributed by atoms with Crippen molar-refractivity contribution in [3.05, 3.63) is 17.5 Å². The highest BCUT2D eigenvalue weighted by atomic mass is 16.5. The molecule has 0 fully saturated rings. The maximum absolute atomic E-state index is 11.8. The number of nitrogens with one attached hydrogen (secondary N) is 1. The van der Waals surface area contributed by atoms with Gasteiger partial charge in [0.15, 0.2) is 11.5 Å². The molecule has 20 heavy (non-hydrogen) atoms. The van der Waals surface area contributed by atoms with Gasteiger partial charge in [0.25, 0.3) is 5.91 Å². The number of rotatable bonds is 8. The van der Waals surface area contributed by atoms with Gasteiger partial charge in [0.05, 0.1) is 5.92 Å². The smallest absolute Gasteiger partial charge is 0.308 e. The number of carbonyl (C=O) groups excluding carboxylic acids is 1. The van der Waals surface area contributed by atoms with Gasteiger partial charge in [-0.15, -0.1) is 0 Å². The molecule has 1 rings (SSSR count). The maximum Gasteiger partial charge on any atom is 0.308 e. The quantitative estimate of drug-likeness (QED) is 0.746. The fourth-order valence-electron chi connectivity index (χ4n) is 1.78. The van der Waals surface area contributed by atoms with E-state index < -0.39 is 17.8 Å². The van der Waals surface area contributed by atoms with Crippen LogP contribution in [0.4, 0.5) is 0 Å². The minimum absolute atomic E-state index is 0.0683. The minimum atomic E-state index is -0.917. The first-order valence-electron chi connectivity index (χ1n) is 6.39.